The fraction of sp³-hybridized carbons (Fsp3) is 0.824. The second-order valence-electron chi connectivity index (χ2n) is 6.70. The minimum Gasteiger partial charge on any atom is -0.375 e. The monoisotopic (exact) mass is 294 g/mol. The molecule has 1 atom stereocenters. The summed E-state index contributed by atoms with van der Waals surface area (Å²) < 4.78 is 6.09. The molecule has 0 aromatic carbocycles. The van der Waals surface area contributed by atoms with Crippen molar-refractivity contribution in [1.29, 1.82) is 0 Å². The molecule has 21 heavy (non-hydrogen) atoms. The van der Waals surface area contributed by atoms with Crippen molar-refractivity contribution in [1.82, 2.24) is 10.2 Å². The average molecular weight is 294 g/mol. The third-order valence-electron chi connectivity index (χ3n) is 4.72. The molecule has 2 aliphatic rings. The zero-order valence-electron chi connectivity index (χ0n) is 13.6. The van der Waals surface area contributed by atoms with E-state index in [4.69, 9.17) is 4.74 Å². The van der Waals surface area contributed by atoms with Gasteiger partial charge in [-0.25, -0.2) is 4.79 Å². The summed E-state index contributed by atoms with van der Waals surface area (Å²) in [6.45, 7) is 9.99. The molecule has 0 bridgehead atoms. The number of nitrogens with zero attached hydrogens (tertiary/aromatic N) is 1. The number of amides is 2. The topological polar surface area (TPSA) is 41.6 Å². The van der Waals surface area contributed by atoms with Crippen molar-refractivity contribution in [2.24, 2.45) is 0 Å². The van der Waals surface area contributed by atoms with Crippen molar-refractivity contribution < 1.29 is 9.53 Å². The summed E-state index contributed by atoms with van der Waals surface area (Å²) in [6, 6.07) is 0.293. The molecule has 1 aliphatic heterocycles. The highest BCUT2D eigenvalue weighted by molar-refractivity contribution is 5.74. The third kappa shape index (κ3) is 4.47. The number of carbonyl (C=O) groups is 1. The second-order valence-corrected chi connectivity index (χ2v) is 6.70. The SMILES string of the molecule is C=C(C)CN(CC)C(=O)N[C@@H]1CCOC2(CCCCC2)C1. The molecule has 1 saturated carbocycles. The predicted molar refractivity (Wildman–Crippen MR) is 85.4 cm³/mol. The van der Waals surface area contributed by atoms with Crippen LogP contribution in [0, 0.1) is 0 Å². The van der Waals surface area contributed by atoms with Gasteiger partial charge in [0.15, 0.2) is 0 Å². The van der Waals surface area contributed by atoms with Crippen LogP contribution in [0.3, 0.4) is 0 Å². The zero-order valence-corrected chi connectivity index (χ0v) is 13.6. The van der Waals surface area contributed by atoms with E-state index in [-0.39, 0.29) is 17.7 Å². The standard InChI is InChI=1S/C17H30N2O2/c1-4-19(13-14(2)3)16(20)18-15-8-11-21-17(12-15)9-6-5-7-10-17/h15H,2,4-13H2,1,3H3,(H,18,20)/t15-/m1/s1. The van der Waals surface area contributed by atoms with E-state index in [0.29, 0.717) is 13.1 Å². The summed E-state index contributed by atoms with van der Waals surface area (Å²) in [5, 5.41) is 3.21. The van der Waals surface area contributed by atoms with Gasteiger partial charge in [0.05, 0.1) is 5.60 Å². The Bertz CT molecular complexity index is 369. The van der Waals surface area contributed by atoms with Gasteiger partial charge in [-0.05, 0) is 39.5 Å². The maximum Gasteiger partial charge on any atom is 0.317 e. The highest BCUT2D eigenvalue weighted by atomic mass is 16.5. The number of ether oxygens (including phenoxy) is 1. The predicted octanol–water partition coefficient (Wildman–Crippen LogP) is 3.48. The van der Waals surface area contributed by atoms with E-state index in [0.717, 1.165) is 37.9 Å². The van der Waals surface area contributed by atoms with E-state index >= 15 is 0 Å². The van der Waals surface area contributed by atoms with Gasteiger partial charge in [0.1, 0.15) is 0 Å². The maximum absolute atomic E-state index is 12.4. The number of nitrogens with one attached hydrogen (secondary N) is 1. The highest BCUT2D eigenvalue weighted by Crippen LogP contribution is 2.38. The first-order valence-corrected chi connectivity index (χ1v) is 8.38. The molecule has 1 aliphatic carbocycles. The molecule has 120 valence electrons. The first kappa shape index (κ1) is 16.3. The van der Waals surface area contributed by atoms with Crippen LogP contribution in [-0.4, -0.2) is 42.3 Å². The number of likely N-dealkylation sites (N-methyl/N-ethyl adjacent to an activating group) is 1. The summed E-state index contributed by atoms with van der Waals surface area (Å²) in [7, 11) is 0. The van der Waals surface area contributed by atoms with Crippen LogP contribution in [-0.2, 0) is 4.74 Å². The Morgan fingerprint density at radius 1 is 1.38 bits per heavy atom. The Hall–Kier alpha value is -1.03. The Morgan fingerprint density at radius 3 is 2.71 bits per heavy atom. The van der Waals surface area contributed by atoms with E-state index in [1.165, 1.54) is 19.3 Å². The number of rotatable bonds is 4. The Morgan fingerprint density at radius 2 is 2.10 bits per heavy atom. The van der Waals surface area contributed by atoms with Gasteiger partial charge in [-0.15, -0.1) is 0 Å². The lowest BCUT2D eigenvalue weighted by Gasteiger charge is -2.44. The second kappa shape index (κ2) is 7.30. The summed E-state index contributed by atoms with van der Waals surface area (Å²) >= 11 is 0. The lowest BCUT2D eigenvalue weighted by Crippen LogP contribution is -2.52. The van der Waals surface area contributed by atoms with E-state index in [9.17, 15) is 4.79 Å². The van der Waals surface area contributed by atoms with Gasteiger partial charge in [-0.2, -0.15) is 0 Å². The van der Waals surface area contributed by atoms with E-state index in [1.807, 2.05) is 18.7 Å². The van der Waals surface area contributed by atoms with Crippen LogP contribution in [0.2, 0.25) is 0 Å². The molecule has 4 nitrogen and oxygen atoms in total. The van der Waals surface area contributed by atoms with E-state index in [2.05, 4.69) is 11.9 Å². The molecule has 0 aromatic rings. The fourth-order valence-electron chi connectivity index (χ4n) is 3.61. The molecule has 0 unspecified atom stereocenters. The fourth-order valence-corrected chi connectivity index (χ4v) is 3.61. The van der Waals surface area contributed by atoms with Gasteiger partial charge >= 0.3 is 6.03 Å². The van der Waals surface area contributed by atoms with Gasteiger partial charge in [0.2, 0.25) is 0 Å². The summed E-state index contributed by atoms with van der Waals surface area (Å²) in [6.07, 6.45) is 8.06. The van der Waals surface area contributed by atoms with Crippen LogP contribution < -0.4 is 5.32 Å². The van der Waals surface area contributed by atoms with Crippen LogP contribution in [0.5, 0.6) is 0 Å². The molecule has 4 heteroatoms. The van der Waals surface area contributed by atoms with Gasteiger partial charge < -0.3 is 15.0 Å². The quantitative estimate of drug-likeness (QED) is 0.807. The molecule has 0 radical (unpaired) electrons. The summed E-state index contributed by atoms with van der Waals surface area (Å²) in [5.41, 5.74) is 1.06. The van der Waals surface area contributed by atoms with Crippen LogP contribution in [0.4, 0.5) is 4.79 Å². The Labute approximate surface area is 128 Å². The molecule has 1 N–H and O–H groups in total. The smallest absolute Gasteiger partial charge is 0.317 e. The third-order valence-corrected chi connectivity index (χ3v) is 4.72. The van der Waals surface area contributed by atoms with Crippen LogP contribution in [0.25, 0.3) is 0 Å². The molecule has 1 spiro atoms. The van der Waals surface area contributed by atoms with Crippen LogP contribution in [0.1, 0.15) is 58.8 Å². The minimum absolute atomic E-state index is 0.0401. The van der Waals surface area contributed by atoms with Crippen molar-refractivity contribution >= 4 is 6.03 Å². The average Bonchev–Trinajstić information content (AvgIpc) is 2.45. The number of carbonyl (C=O) groups excluding carboxylic acids is 1. The molecule has 2 amide bonds. The lowest BCUT2D eigenvalue weighted by molar-refractivity contribution is -0.108. The molecule has 1 saturated heterocycles. The first-order valence-electron chi connectivity index (χ1n) is 8.38. The first-order chi connectivity index (χ1) is 10.0. The van der Waals surface area contributed by atoms with Crippen molar-refractivity contribution in [3.63, 3.8) is 0 Å². The highest BCUT2D eigenvalue weighted by Gasteiger charge is 2.39. The molecular weight excluding hydrogens is 264 g/mol. The van der Waals surface area contributed by atoms with E-state index < -0.39 is 0 Å². The molecule has 0 aromatic heterocycles. The van der Waals surface area contributed by atoms with Crippen LogP contribution >= 0.6 is 0 Å². The maximum atomic E-state index is 12.4. The molecule has 1 heterocycles. The number of hydrogen-bond acceptors (Lipinski definition) is 2. The lowest BCUT2D eigenvalue weighted by atomic mass is 9.78. The number of urea groups is 1. The normalized spacial score (nSPS) is 24.6. The Kier molecular flexibility index (Phi) is 5.68. The largest absolute Gasteiger partial charge is 0.375 e. The van der Waals surface area contributed by atoms with Gasteiger partial charge in [-0.3, -0.25) is 0 Å². The van der Waals surface area contributed by atoms with Crippen molar-refractivity contribution in [2.45, 2.75) is 70.4 Å². The minimum atomic E-state index is 0.0401. The van der Waals surface area contributed by atoms with Crippen molar-refractivity contribution in [3.05, 3.63) is 12.2 Å². The molecular formula is C17H30N2O2. The summed E-state index contributed by atoms with van der Waals surface area (Å²) in [4.78, 5) is 14.2. The summed E-state index contributed by atoms with van der Waals surface area (Å²) in [5.74, 6) is 0. The van der Waals surface area contributed by atoms with Crippen LogP contribution in [0.15, 0.2) is 12.2 Å². The van der Waals surface area contributed by atoms with E-state index in [1.54, 1.807) is 0 Å². The van der Waals surface area contributed by atoms with Gasteiger partial charge in [0.25, 0.3) is 0 Å². The van der Waals surface area contributed by atoms with Crippen molar-refractivity contribution in [3.8, 4) is 0 Å². The van der Waals surface area contributed by atoms with Gasteiger partial charge in [-0.1, -0.05) is 31.4 Å². The Balaban J connectivity index is 1.89. The number of hydrogen-bond donors (Lipinski definition) is 1. The molecule has 2 fully saturated rings. The zero-order chi connectivity index (χ0) is 15.3. The molecule has 2 rings (SSSR count). The van der Waals surface area contributed by atoms with Gasteiger partial charge in [0, 0.05) is 25.7 Å². The van der Waals surface area contributed by atoms with Crippen molar-refractivity contribution in [2.75, 3.05) is 19.7 Å².